The highest BCUT2D eigenvalue weighted by molar-refractivity contribution is 5.35. The van der Waals surface area contributed by atoms with Gasteiger partial charge in [-0.1, -0.05) is 18.2 Å². The van der Waals surface area contributed by atoms with E-state index in [9.17, 15) is 0 Å². The Bertz CT molecular complexity index is 493. The summed E-state index contributed by atoms with van der Waals surface area (Å²) in [6.45, 7) is 6.91. The number of nitrogens with one attached hydrogen (secondary N) is 1. The van der Waals surface area contributed by atoms with Crippen LogP contribution in [0, 0.1) is 0 Å². The van der Waals surface area contributed by atoms with Crippen LogP contribution in [0.2, 0.25) is 0 Å². The lowest BCUT2D eigenvalue weighted by molar-refractivity contribution is 0.328. The molecule has 1 aromatic carbocycles. The second kappa shape index (κ2) is 6.43. The van der Waals surface area contributed by atoms with Gasteiger partial charge in [0.2, 0.25) is 0 Å². The van der Waals surface area contributed by atoms with E-state index < -0.39 is 0 Å². The molecule has 3 heteroatoms. The number of rotatable bonds is 6. The zero-order valence-electron chi connectivity index (χ0n) is 11.7. The van der Waals surface area contributed by atoms with Gasteiger partial charge in [-0.05, 0) is 39.0 Å². The first kappa shape index (κ1) is 13.7. The SMILES string of the molecule is CCOc1ccccc1C(C)N[C@H](C)c1ccco1. The summed E-state index contributed by atoms with van der Waals surface area (Å²) in [5.74, 6) is 1.89. The second-order valence-electron chi connectivity index (χ2n) is 4.60. The van der Waals surface area contributed by atoms with Crippen molar-refractivity contribution in [2.75, 3.05) is 6.61 Å². The Morgan fingerprint density at radius 2 is 1.89 bits per heavy atom. The molecule has 0 amide bonds. The van der Waals surface area contributed by atoms with Crippen LogP contribution >= 0.6 is 0 Å². The largest absolute Gasteiger partial charge is 0.494 e. The summed E-state index contributed by atoms with van der Waals surface area (Å²) in [4.78, 5) is 0. The lowest BCUT2D eigenvalue weighted by atomic mass is 10.1. The highest BCUT2D eigenvalue weighted by Crippen LogP contribution is 2.27. The average Bonchev–Trinajstić information content (AvgIpc) is 2.93. The number of benzene rings is 1. The summed E-state index contributed by atoms with van der Waals surface area (Å²) in [5, 5.41) is 3.52. The van der Waals surface area contributed by atoms with E-state index in [1.807, 2.05) is 37.3 Å². The van der Waals surface area contributed by atoms with Crippen LogP contribution in [0.15, 0.2) is 47.1 Å². The van der Waals surface area contributed by atoms with Gasteiger partial charge in [0.05, 0.1) is 18.9 Å². The number of hydrogen-bond acceptors (Lipinski definition) is 3. The lowest BCUT2D eigenvalue weighted by Crippen LogP contribution is -2.22. The van der Waals surface area contributed by atoms with E-state index >= 15 is 0 Å². The molecule has 0 saturated heterocycles. The molecule has 0 aliphatic rings. The van der Waals surface area contributed by atoms with E-state index in [0.29, 0.717) is 6.61 Å². The molecule has 2 aromatic rings. The molecule has 1 N–H and O–H groups in total. The van der Waals surface area contributed by atoms with Crippen LogP contribution in [0.1, 0.15) is 44.2 Å². The van der Waals surface area contributed by atoms with Crippen molar-refractivity contribution < 1.29 is 9.15 Å². The smallest absolute Gasteiger partial charge is 0.124 e. The van der Waals surface area contributed by atoms with Crippen LogP contribution in [-0.4, -0.2) is 6.61 Å². The fourth-order valence-electron chi connectivity index (χ4n) is 2.21. The molecule has 1 heterocycles. The molecule has 0 aliphatic carbocycles. The quantitative estimate of drug-likeness (QED) is 0.848. The Morgan fingerprint density at radius 3 is 2.58 bits per heavy atom. The number of para-hydroxylation sites is 1. The Morgan fingerprint density at radius 1 is 1.11 bits per heavy atom. The maximum atomic E-state index is 5.67. The molecular formula is C16H21NO2. The van der Waals surface area contributed by atoms with Crippen molar-refractivity contribution >= 4 is 0 Å². The Balaban J connectivity index is 2.09. The molecule has 1 unspecified atom stereocenters. The molecule has 3 nitrogen and oxygen atoms in total. The van der Waals surface area contributed by atoms with Gasteiger partial charge in [0.15, 0.2) is 0 Å². The highest BCUT2D eigenvalue weighted by atomic mass is 16.5. The third kappa shape index (κ3) is 3.38. The summed E-state index contributed by atoms with van der Waals surface area (Å²) >= 11 is 0. The van der Waals surface area contributed by atoms with Crippen molar-refractivity contribution in [3.63, 3.8) is 0 Å². The molecule has 0 spiro atoms. The first-order valence-electron chi connectivity index (χ1n) is 6.73. The molecule has 0 aliphatic heterocycles. The molecule has 2 atom stereocenters. The third-order valence-corrected chi connectivity index (χ3v) is 3.16. The van der Waals surface area contributed by atoms with Crippen molar-refractivity contribution in [3.8, 4) is 5.75 Å². The van der Waals surface area contributed by atoms with Gasteiger partial charge in [0.1, 0.15) is 11.5 Å². The van der Waals surface area contributed by atoms with Crippen LogP contribution < -0.4 is 10.1 Å². The van der Waals surface area contributed by atoms with E-state index in [1.54, 1.807) is 6.26 Å². The number of hydrogen-bond donors (Lipinski definition) is 1. The van der Waals surface area contributed by atoms with Gasteiger partial charge in [-0.3, -0.25) is 0 Å². The van der Waals surface area contributed by atoms with E-state index in [2.05, 4.69) is 25.2 Å². The predicted octanol–water partition coefficient (Wildman–Crippen LogP) is 4.09. The molecule has 1 aromatic heterocycles. The Hall–Kier alpha value is -1.74. The maximum absolute atomic E-state index is 5.67. The van der Waals surface area contributed by atoms with Gasteiger partial charge < -0.3 is 14.5 Å². The minimum Gasteiger partial charge on any atom is -0.494 e. The van der Waals surface area contributed by atoms with Crippen molar-refractivity contribution in [2.45, 2.75) is 32.9 Å². The summed E-state index contributed by atoms with van der Waals surface area (Å²) in [6, 6.07) is 12.4. The molecule has 102 valence electrons. The summed E-state index contributed by atoms with van der Waals surface area (Å²) < 4.78 is 11.1. The first-order valence-corrected chi connectivity index (χ1v) is 6.73. The first-order chi connectivity index (χ1) is 9.22. The summed E-state index contributed by atoms with van der Waals surface area (Å²) in [7, 11) is 0. The van der Waals surface area contributed by atoms with Crippen molar-refractivity contribution in [2.24, 2.45) is 0 Å². The number of ether oxygens (including phenoxy) is 1. The Kier molecular flexibility index (Phi) is 4.63. The third-order valence-electron chi connectivity index (χ3n) is 3.16. The van der Waals surface area contributed by atoms with Crippen molar-refractivity contribution in [3.05, 3.63) is 54.0 Å². The average molecular weight is 259 g/mol. The maximum Gasteiger partial charge on any atom is 0.124 e. The van der Waals surface area contributed by atoms with Gasteiger partial charge in [-0.25, -0.2) is 0 Å². The van der Waals surface area contributed by atoms with Crippen LogP contribution in [0.5, 0.6) is 5.75 Å². The van der Waals surface area contributed by atoms with Gasteiger partial charge in [0, 0.05) is 11.6 Å². The monoisotopic (exact) mass is 259 g/mol. The second-order valence-corrected chi connectivity index (χ2v) is 4.60. The van der Waals surface area contributed by atoms with Crippen LogP contribution in [0.4, 0.5) is 0 Å². The minimum absolute atomic E-state index is 0.166. The fourth-order valence-corrected chi connectivity index (χ4v) is 2.21. The highest BCUT2D eigenvalue weighted by Gasteiger charge is 2.15. The molecular weight excluding hydrogens is 238 g/mol. The van der Waals surface area contributed by atoms with Crippen molar-refractivity contribution in [1.82, 2.24) is 5.32 Å². The van der Waals surface area contributed by atoms with E-state index in [-0.39, 0.29) is 12.1 Å². The van der Waals surface area contributed by atoms with Crippen molar-refractivity contribution in [1.29, 1.82) is 0 Å². The normalized spacial score (nSPS) is 14.1. The summed E-state index contributed by atoms with van der Waals surface area (Å²) in [5.41, 5.74) is 1.17. The van der Waals surface area contributed by atoms with E-state index in [4.69, 9.17) is 9.15 Å². The molecule has 0 fully saturated rings. The van der Waals surface area contributed by atoms with E-state index in [0.717, 1.165) is 11.5 Å². The zero-order valence-corrected chi connectivity index (χ0v) is 11.7. The fraction of sp³-hybridized carbons (Fsp3) is 0.375. The summed E-state index contributed by atoms with van der Waals surface area (Å²) in [6.07, 6.45) is 1.70. The minimum atomic E-state index is 0.166. The molecule has 0 bridgehead atoms. The van der Waals surface area contributed by atoms with Gasteiger partial charge in [0.25, 0.3) is 0 Å². The van der Waals surface area contributed by atoms with Crippen LogP contribution in [-0.2, 0) is 0 Å². The molecule has 19 heavy (non-hydrogen) atoms. The van der Waals surface area contributed by atoms with E-state index in [1.165, 1.54) is 5.56 Å². The molecule has 0 saturated carbocycles. The lowest BCUT2D eigenvalue weighted by Gasteiger charge is -2.21. The zero-order chi connectivity index (χ0) is 13.7. The Labute approximate surface area is 114 Å². The standard InChI is InChI=1S/C16H21NO2/c1-4-18-16-9-6-5-8-14(16)12(2)17-13(3)15-10-7-11-19-15/h5-13,17H,4H2,1-3H3/t12?,13-/m1/s1. The van der Waals surface area contributed by atoms with Crippen LogP contribution in [0.3, 0.4) is 0 Å². The number of furan rings is 1. The predicted molar refractivity (Wildman–Crippen MR) is 76.3 cm³/mol. The van der Waals surface area contributed by atoms with Gasteiger partial charge in [-0.2, -0.15) is 0 Å². The molecule has 2 rings (SSSR count). The van der Waals surface area contributed by atoms with Gasteiger partial charge in [-0.15, -0.1) is 0 Å². The topological polar surface area (TPSA) is 34.4 Å². The van der Waals surface area contributed by atoms with Gasteiger partial charge >= 0.3 is 0 Å². The molecule has 0 radical (unpaired) electrons. The van der Waals surface area contributed by atoms with Crippen LogP contribution in [0.25, 0.3) is 0 Å².